The molecule has 3 rings (SSSR count). The van der Waals surface area contributed by atoms with E-state index in [2.05, 4.69) is 25.7 Å². The first-order valence-corrected chi connectivity index (χ1v) is 9.53. The van der Waals surface area contributed by atoms with Gasteiger partial charge in [-0.2, -0.15) is 0 Å². The van der Waals surface area contributed by atoms with E-state index in [9.17, 15) is 13.6 Å². The summed E-state index contributed by atoms with van der Waals surface area (Å²) in [6.45, 7) is 8.70. The van der Waals surface area contributed by atoms with Crippen LogP contribution in [0.25, 0.3) is 0 Å². The number of anilines is 1. The summed E-state index contributed by atoms with van der Waals surface area (Å²) >= 11 is 0. The molecular formula is C22H26F2N2O. The van der Waals surface area contributed by atoms with Crippen molar-refractivity contribution in [3.8, 4) is 0 Å². The average Bonchev–Trinajstić information content (AvgIpc) is 2.65. The minimum atomic E-state index is -0.658. The largest absolute Gasteiger partial charge is 0.308 e. The van der Waals surface area contributed by atoms with E-state index in [1.807, 2.05) is 12.1 Å². The normalized spacial score (nSPS) is 14.0. The Morgan fingerprint density at radius 2 is 1.89 bits per heavy atom. The molecule has 2 aromatic rings. The van der Waals surface area contributed by atoms with Gasteiger partial charge in [0, 0.05) is 36.3 Å². The zero-order valence-corrected chi connectivity index (χ0v) is 16.1. The molecule has 27 heavy (non-hydrogen) atoms. The molecule has 144 valence electrons. The van der Waals surface area contributed by atoms with E-state index >= 15 is 0 Å². The molecule has 3 nitrogen and oxygen atoms in total. The van der Waals surface area contributed by atoms with Gasteiger partial charge in [0.2, 0.25) is 0 Å². The minimum Gasteiger partial charge on any atom is -0.308 e. The molecule has 0 N–H and O–H groups in total. The van der Waals surface area contributed by atoms with Crippen LogP contribution in [-0.4, -0.2) is 29.9 Å². The predicted molar refractivity (Wildman–Crippen MR) is 104 cm³/mol. The number of hydrogen-bond acceptors (Lipinski definition) is 2. The number of fused-ring (bicyclic) bond motifs is 1. The summed E-state index contributed by atoms with van der Waals surface area (Å²) < 4.78 is 27.7. The lowest BCUT2D eigenvalue weighted by Gasteiger charge is -2.30. The fraction of sp³-hybridized carbons (Fsp3) is 0.409. The Hall–Kier alpha value is -2.27. The highest BCUT2D eigenvalue weighted by molar-refractivity contribution is 6.06. The van der Waals surface area contributed by atoms with E-state index < -0.39 is 11.6 Å². The summed E-state index contributed by atoms with van der Waals surface area (Å²) in [6, 6.07) is 10.1. The summed E-state index contributed by atoms with van der Waals surface area (Å²) in [7, 11) is 0. The van der Waals surface area contributed by atoms with Crippen LogP contribution < -0.4 is 4.90 Å². The predicted octanol–water partition coefficient (Wildman–Crippen LogP) is 4.79. The molecule has 1 aliphatic heterocycles. The molecule has 0 saturated carbocycles. The molecule has 0 unspecified atom stereocenters. The minimum absolute atomic E-state index is 0.219. The topological polar surface area (TPSA) is 23.6 Å². The van der Waals surface area contributed by atoms with Crippen molar-refractivity contribution >= 4 is 11.6 Å². The van der Waals surface area contributed by atoms with Crippen LogP contribution in [0, 0.1) is 11.6 Å². The molecule has 2 aromatic carbocycles. The monoisotopic (exact) mass is 372 g/mol. The maximum absolute atomic E-state index is 14.1. The first-order valence-electron chi connectivity index (χ1n) is 9.53. The molecular weight excluding hydrogens is 346 g/mol. The SMILES string of the molecule is CCN(Cc1ccc(C(=O)N2CCCc3c(F)cc(F)cc32)cc1)C(C)C. The van der Waals surface area contributed by atoms with Crippen molar-refractivity contribution in [2.45, 2.75) is 46.2 Å². The second-order valence-electron chi connectivity index (χ2n) is 7.30. The van der Waals surface area contributed by atoms with Crippen LogP contribution in [0.4, 0.5) is 14.5 Å². The number of carbonyl (C=O) groups excluding carboxylic acids is 1. The van der Waals surface area contributed by atoms with E-state index in [0.29, 0.717) is 42.2 Å². The zero-order valence-electron chi connectivity index (χ0n) is 16.1. The third-order valence-electron chi connectivity index (χ3n) is 5.20. The Bertz CT molecular complexity index is 818. The van der Waals surface area contributed by atoms with Gasteiger partial charge in [-0.05, 0) is 57.0 Å². The highest BCUT2D eigenvalue weighted by atomic mass is 19.1. The zero-order chi connectivity index (χ0) is 19.6. The van der Waals surface area contributed by atoms with Gasteiger partial charge in [0.05, 0.1) is 5.69 Å². The molecule has 0 aliphatic carbocycles. The van der Waals surface area contributed by atoms with Crippen molar-refractivity contribution in [3.05, 3.63) is 64.7 Å². The summed E-state index contributed by atoms with van der Waals surface area (Å²) in [6.07, 6.45) is 1.19. The Morgan fingerprint density at radius 3 is 2.52 bits per heavy atom. The number of benzene rings is 2. The Labute approximate surface area is 159 Å². The van der Waals surface area contributed by atoms with E-state index in [0.717, 1.165) is 24.7 Å². The lowest BCUT2D eigenvalue weighted by Crippen LogP contribution is -2.36. The molecule has 1 heterocycles. The van der Waals surface area contributed by atoms with E-state index in [1.54, 1.807) is 12.1 Å². The summed E-state index contributed by atoms with van der Waals surface area (Å²) in [5, 5.41) is 0. The van der Waals surface area contributed by atoms with Crippen molar-refractivity contribution < 1.29 is 13.6 Å². The second-order valence-corrected chi connectivity index (χ2v) is 7.30. The van der Waals surface area contributed by atoms with Crippen LogP contribution in [0.2, 0.25) is 0 Å². The van der Waals surface area contributed by atoms with Crippen LogP contribution in [-0.2, 0) is 13.0 Å². The standard InChI is InChI=1S/C22H26F2N2O/c1-4-25(15(2)3)14-16-7-9-17(10-8-16)22(27)26-11-5-6-19-20(24)12-18(23)13-21(19)26/h7-10,12-13,15H,4-6,11,14H2,1-3H3. The number of hydrogen-bond donors (Lipinski definition) is 0. The van der Waals surface area contributed by atoms with Gasteiger partial charge < -0.3 is 4.90 Å². The molecule has 0 saturated heterocycles. The van der Waals surface area contributed by atoms with Crippen molar-refractivity contribution in [1.29, 1.82) is 0 Å². The highest BCUT2D eigenvalue weighted by Gasteiger charge is 2.26. The van der Waals surface area contributed by atoms with Gasteiger partial charge in [0.1, 0.15) is 11.6 Å². The molecule has 1 aliphatic rings. The van der Waals surface area contributed by atoms with Crippen molar-refractivity contribution in [2.75, 3.05) is 18.0 Å². The number of carbonyl (C=O) groups is 1. The fourth-order valence-electron chi connectivity index (χ4n) is 3.63. The second kappa shape index (κ2) is 8.17. The molecule has 0 radical (unpaired) electrons. The summed E-state index contributed by atoms with van der Waals surface area (Å²) in [5.41, 5.74) is 2.44. The summed E-state index contributed by atoms with van der Waals surface area (Å²) in [4.78, 5) is 16.8. The van der Waals surface area contributed by atoms with Crippen LogP contribution in [0.1, 0.15) is 48.7 Å². The van der Waals surface area contributed by atoms with Gasteiger partial charge in [-0.1, -0.05) is 19.1 Å². The average molecular weight is 372 g/mol. The molecule has 5 heteroatoms. The highest BCUT2D eigenvalue weighted by Crippen LogP contribution is 2.31. The molecule has 0 bridgehead atoms. The van der Waals surface area contributed by atoms with Crippen molar-refractivity contribution in [1.82, 2.24) is 4.90 Å². The van der Waals surface area contributed by atoms with Gasteiger partial charge in [0.25, 0.3) is 5.91 Å². The first-order chi connectivity index (χ1) is 12.9. The number of nitrogens with zero attached hydrogens (tertiary/aromatic N) is 2. The van der Waals surface area contributed by atoms with Crippen LogP contribution in [0.15, 0.2) is 36.4 Å². The third kappa shape index (κ3) is 4.19. The van der Waals surface area contributed by atoms with Gasteiger partial charge in [0.15, 0.2) is 0 Å². The van der Waals surface area contributed by atoms with Crippen molar-refractivity contribution in [2.24, 2.45) is 0 Å². The Morgan fingerprint density at radius 1 is 1.19 bits per heavy atom. The Kier molecular flexibility index (Phi) is 5.90. The number of halogens is 2. The maximum Gasteiger partial charge on any atom is 0.258 e. The van der Waals surface area contributed by atoms with E-state index in [-0.39, 0.29) is 5.91 Å². The molecule has 0 aromatic heterocycles. The van der Waals surface area contributed by atoms with Crippen molar-refractivity contribution in [3.63, 3.8) is 0 Å². The number of amides is 1. The van der Waals surface area contributed by atoms with Gasteiger partial charge in [-0.15, -0.1) is 0 Å². The fourth-order valence-corrected chi connectivity index (χ4v) is 3.63. The first kappa shape index (κ1) is 19.5. The van der Waals surface area contributed by atoms with E-state index in [4.69, 9.17) is 0 Å². The van der Waals surface area contributed by atoms with E-state index in [1.165, 1.54) is 11.0 Å². The van der Waals surface area contributed by atoms with Gasteiger partial charge in [-0.25, -0.2) is 8.78 Å². The third-order valence-corrected chi connectivity index (χ3v) is 5.20. The number of rotatable bonds is 5. The van der Waals surface area contributed by atoms with Gasteiger partial charge >= 0.3 is 0 Å². The maximum atomic E-state index is 14.1. The molecule has 0 spiro atoms. The van der Waals surface area contributed by atoms with Crippen LogP contribution in [0.3, 0.4) is 0 Å². The Balaban J connectivity index is 1.82. The smallest absolute Gasteiger partial charge is 0.258 e. The molecule has 0 atom stereocenters. The molecule has 0 fully saturated rings. The quantitative estimate of drug-likeness (QED) is 0.753. The van der Waals surface area contributed by atoms with Crippen LogP contribution >= 0.6 is 0 Å². The molecule has 1 amide bonds. The lowest BCUT2D eigenvalue weighted by atomic mass is 9.99. The lowest BCUT2D eigenvalue weighted by molar-refractivity contribution is 0.0985. The van der Waals surface area contributed by atoms with Crippen LogP contribution in [0.5, 0.6) is 0 Å². The summed E-state index contributed by atoms with van der Waals surface area (Å²) in [5.74, 6) is -1.45. The van der Waals surface area contributed by atoms with Gasteiger partial charge in [-0.3, -0.25) is 9.69 Å².